The number of aliphatic hydroxyl groups excluding tert-OH is 1. The summed E-state index contributed by atoms with van der Waals surface area (Å²) in [6.07, 6.45) is 0.480. The van der Waals surface area contributed by atoms with E-state index in [1.54, 1.807) is 90.4 Å². The van der Waals surface area contributed by atoms with Gasteiger partial charge in [-0.1, -0.05) is 136 Å². The zero-order valence-corrected chi connectivity index (χ0v) is 61.5. The maximum atomic E-state index is 14.4. The van der Waals surface area contributed by atoms with Crippen molar-refractivity contribution in [3.05, 3.63) is 95.6 Å². The molecule has 0 radical (unpaired) electrons. The molecule has 2 aliphatic rings. The SMILES string of the molecule is CCOC(=O)N(C)[C@H](C(=O)C[C@H](C(=O)N(C)[C@H](C(CC(=O)N1CCC[C@H]1[C@H](OC)[C@@H](C)C(=O)C[C@H](C)[C@@H](O)c1ccccc1)OC)[C@@H](C)CC)C(C)C)C(C)C.Cc1ccc(NC(=O)C(N)CCCNC(=O)NC(=O)[C@@H](CC(=O)CCOc2ccc(C3C(=O)N=NC3=O)cc2)C(C)C)cc1. The number of carbonyl (C=O) groups is 11. The molecular formula is C75H111N9O16. The third kappa shape index (κ3) is 24.9. The van der Waals surface area contributed by atoms with Crippen molar-refractivity contribution in [2.24, 2.45) is 63.3 Å². The number of urea groups is 1. The quantitative estimate of drug-likeness (QED) is 0.0263. The predicted octanol–water partition coefficient (Wildman–Crippen LogP) is 9.75. The van der Waals surface area contributed by atoms with Crippen molar-refractivity contribution in [2.45, 2.75) is 196 Å². The van der Waals surface area contributed by atoms with Gasteiger partial charge in [-0.15, -0.1) is 10.2 Å². The Balaban J connectivity index is 0.000000436. The zero-order chi connectivity index (χ0) is 74.7. The first-order valence-corrected chi connectivity index (χ1v) is 35.1. The number of amides is 9. The van der Waals surface area contributed by atoms with Crippen LogP contribution in [0.25, 0.3) is 0 Å². The molecule has 0 aromatic heterocycles. The number of carbonyl (C=O) groups excluding carboxylic acids is 11. The smallest absolute Gasteiger partial charge is 0.410 e. The normalized spacial score (nSPS) is 17.1. The number of hydrogen-bond acceptors (Lipinski definition) is 17. The number of likely N-dealkylation sites (N-methyl/N-ethyl adjacent to an activating group) is 2. The lowest BCUT2D eigenvalue weighted by molar-refractivity contribution is -0.149. The van der Waals surface area contributed by atoms with Gasteiger partial charge in [0.1, 0.15) is 23.2 Å². The largest absolute Gasteiger partial charge is 0.493 e. The lowest BCUT2D eigenvalue weighted by Gasteiger charge is -2.41. The van der Waals surface area contributed by atoms with Crippen LogP contribution in [0.15, 0.2) is 89.1 Å². The number of benzene rings is 3. The Kier molecular flexibility index (Phi) is 35.0. The molecule has 3 aromatic carbocycles. The van der Waals surface area contributed by atoms with Crippen LogP contribution in [0.5, 0.6) is 5.75 Å². The van der Waals surface area contributed by atoms with Crippen LogP contribution in [0.3, 0.4) is 0 Å². The van der Waals surface area contributed by atoms with E-state index in [1.165, 1.54) is 4.90 Å². The minimum Gasteiger partial charge on any atom is -0.493 e. The highest BCUT2D eigenvalue weighted by Gasteiger charge is 2.44. The van der Waals surface area contributed by atoms with Gasteiger partial charge in [-0.2, -0.15) is 0 Å². The summed E-state index contributed by atoms with van der Waals surface area (Å²) in [7, 11) is 6.40. The number of ketones is 3. The Morgan fingerprint density at radius 3 is 1.90 bits per heavy atom. The molecule has 0 aliphatic carbocycles. The van der Waals surface area contributed by atoms with E-state index >= 15 is 0 Å². The number of aliphatic hydroxyl groups is 1. The molecule has 0 saturated carbocycles. The number of aryl methyl sites for hydroxylation is 1. The van der Waals surface area contributed by atoms with Gasteiger partial charge < -0.3 is 55.1 Å². The van der Waals surface area contributed by atoms with Crippen molar-refractivity contribution in [3.8, 4) is 5.75 Å². The van der Waals surface area contributed by atoms with Crippen molar-refractivity contribution < 1.29 is 76.8 Å². The second-order valence-electron chi connectivity index (χ2n) is 27.5. The molecule has 2 unspecified atom stereocenters. The maximum absolute atomic E-state index is 14.4. The number of hydrogen-bond donors (Lipinski definition) is 5. The van der Waals surface area contributed by atoms with Crippen LogP contribution < -0.4 is 26.4 Å². The Hall–Kier alpha value is -8.13. The van der Waals surface area contributed by atoms with Crippen LogP contribution in [-0.4, -0.2) is 176 Å². The van der Waals surface area contributed by atoms with E-state index in [2.05, 4.69) is 26.2 Å². The fraction of sp³-hybridized carbons (Fsp3) is 0.613. The topological polar surface area (TPSA) is 341 Å². The number of methoxy groups -OCH3 is 2. The van der Waals surface area contributed by atoms with E-state index in [9.17, 15) is 57.8 Å². The number of anilines is 1. The molecule has 0 spiro atoms. The molecule has 25 heteroatoms. The van der Waals surface area contributed by atoms with Gasteiger partial charge in [-0.3, -0.25) is 48.5 Å². The van der Waals surface area contributed by atoms with Crippen molar-refractivity contribution in [1.82, 2.24) is 25.3 Å². The first kappa shape index (κ1) is 84.3. The second kappa shape index (κ2) is 41.6. The molecule has 100 heavy (non-hydrogen) atoms. The molecule has 1 fully saturated rings. The maximum Gasteiger partial charge on any atom is 0.410 e. The number of nitrogens with one attached hydrogen (secondary N) is 3. The number of Topliss-reactive ketones (excluding diaryl/α,β-unsaturated/α-hetero) is 3. The molecule has 3 aromatic rings. The fourth-order valence-corrected chi connectivity index (χ4v) is 12.9. The van der Waals surface area contributed by atoms with Crippen molar-refractivity contribution >= 4 is 70.6 Å². The van der Waals surface area contributed by atoms with E-state index in [4.69, 9.17) is 24.7 Å². The number of azo groups is 1. The lowest BCUT2D eigenvalue weighted by atomic mass is 9.83. The highest BCUT2D eigenvalue weighted by atomic mass is 16.6. The highest BCUT2D eigenvalue weighted by Crippen LogP contribution is 2.34. The van der Waals surface area contributed by atoms with Crippen LogP contribution in [-0.2, 0) is 57.4 Å². The predicted molar refractivity (Wildman–Crippen MR) is 378 cm³/mol. The van der Waals surface area contributed by atoms with Crippen molar-refractivity contribution in [3.63, 3.8) is 0 Å². The first-order valence-electron chi connectivity index (χ1n) is 35.1. The minimum atomic E-state index is -1.03. The first-order chi connectivity index (χ1) is 47.3. The minimum absolute atomic E-state index is 0.0176. The standard InChI is InChI=1S/C44H73N3O9.C31H38N6O7/c1-14-29(7)40(45(10)43(52)33(27(3)4)25-36(49)39(28(5)6)46(11)44(53)56-15-2)37(54-12)26-38(50)47-23-19-22-34(47)42(55-13)31(9)35(48)24-30(8)41(51)32-20-17-16-18-21-32;1-18(2)24(17-22(38)14-16-44-23-12-8-20(9-13-23)26-29(41)36-37-30(26)42)27(39)35-31(43)33-15-4-5-25(32)28(40)34-21-10-6-19(3)7-11-21/h16-18,20-21,27-31,33-34,37,39-42,51H,14-15,19,22-26H2,1-13H3;6-13,18,24-26H,4-5,14-17,32H2,1-3H3,(H,34,40)(H2,33,35,39,43)/t29-,30-,31-,33-,34-,37?,39-,40-,41+,42+;24-,25?/m00/s1. The Bertz CT molecular complexity index is 3200. The van der Waals surface area contributed by atoms with Gasteiger partial charge in [0.25, 0.3) is 11.8 Å². The molecule has 12 atom stereocenters. The summed E-state index contributed by atoms with van der Waals surface area (Å²) in [6.45, 7) is 23.5. The summed E-state index contributed by atoms with van der Waals surface area (Å²) < 4.78 is 22.8. The van der Waals surface area contributed by atoms with Gasteiger partial charge in [0.2, 0.25) is 23.6 Å². The Morgan fingerprint density at radius 1 is 0.720 bits per heavy atom. The Labute approximate surface area is 590 Å². The molecule has 6 N–H and O–H groups in total. The molecule has 1 saturated heterocycles. The van der Waals surface area contributed by atoms with Crippen molar-refractivity contribution in [1.29, 1.82) is 0 Å². The molecule has 2 heterocycles. The molecular weight excluding hydrogens is 1280 g/mol. The average molecular weight is 1390 g/mol. The number of ether oxygens (including phenoxy) is 4. The molecule has 0 bridgehead atoms. The van der Waals surface area contributed by atoms with Crippen molar-refractivity contribution in [2.75, 3.05) is 59.9 Å². The molecule has 9 amide bonds. The summed E-state index contributed by atoms with van der Waals surface area (Å²) in [4.78, 5) is 147. The summed E-state index contributed by atoms with van der Waals surface area (Å²) in [5, 5.41) is 25.1. The van der Waals surface area contributed by atoms with Gasteiger partial charge in [-0.25, -0.2) is 9.59 Å². The highest BCUT2D eigenvalue weighted by molar-refractivity contribution is 6.10. The number of rotatable bonds is 38. The summed E-state index contributed by atoms with van der Waals surface area (Å²) in [5.41, 5.74) is 8.89. The monoisotopic (exact) mass is 1390 g/mol. The van der Waals surface area contributed by atoms with E-state index < -0.39 is 90.0 Å². The van der Waals surface area contributed by atoms with Gasteiger partial charge in [0.05, 0.1) is 62.1 Å². The average Bonchev–Trinajstić information content (AvgIpc) is 1.50. The zero-order valence-electron chi connectivity index (χ0n) is 61.5. The van der Waals surface area contributed by atoms with Crippen LogP contribution in [0.1, 0.15) is 169 Å². The molecule has 5 rings (SSSR count). The van der Waals surface area contributed by atoms with Crippen LogP contribution in [0.4, 0.5) is 15.3 Å². The molecule has 2 aliphatic heterocycles. The van der Waals surface area contributed by atoms with Gasteiger partial charge >= 0.3 is 12.1 Å². The number of imide groups is 1. The lowest BCUT2D eigenvalue weighted by Crippen LogP contribution is -2.54. The Morgan fingerprint density at radius 2 is 1.34 bits per heavy atom. The summed E-state index contributed by atoms with van der Waals surface area (Å²) in [5.74, 6) is -6.35. The van der Waals surface area contributed by atoms with Crippen LogP contribution >= 0.6 is 0 Å². The van der Waals surface area contributed by atoms with Crippen LogP contribution in [0, 0.1) is 54.3 Å². The molecule has 25 nitrogen and oxygen atoms in total. The van der Waals surface area contributed by atoms with Gasteiger partial charge in [-0.05, 0) is 105 Å². The number of nitrogens with zero attached hydrogens (tertiary/aromatic N) is 5. The van der Waals surface area contributed by atoms with E-state index in [0.29, 0.717) is 42.8 Å². The second-order valence-corrected chi connectivity index (χ2v) is 27.5. The summed E-state index contributed by atoms with van der Waals surface area (Å²) >= 11 is 0. The van der Waals surface area contributed by atoms with E-state index in [1.807, 2.05) is 110 Å². The van der Waals surface area contributed by atoms with E-state index in [-0.39, 0.29) is 123 Å². The summed E-state index contributed by atoms with van der Waals surface area (Å²) in [6, 6.07) is 19.9. The van der Waals surface area contributed by atoms with Crippen LogP contribution in [0.2, 0.25) is 0 Å². The van der Waals surface area contributed by atoms with E-state index in [0.717, 1.165) is 24.0 Å². The third-order valence-corrected chi connectivity index (χ3v) is 19.1. The van der Waals surface area contributed by atoms with Gasteiger partial charge in [0, 0.05) is 90.5 Å². The van der Waals surface area contributed by atoms with Gasteiger partial charge in [0.15, 0.2) is 5.78 Å². The fourth-order valence-electron chi connectivity index (χ4n) is 12.9. The number of nitrogens with two attached hydrogens (primary N) is 1. The number of likely N-dealkylation sites (tertiary alicyclic amines) is 1. The molecule has 552 valence electrons. The third-order valence-electron chi connectivity index (χ3n) is 19.1.